The Morgan fingerprint density at radius 3 is 2.74 bits per heavy atom. The Hall–Kier alpha value is -2.29. The molecule has 0 aliphatic heterocycles. The van der Waals surface area contributed by atoms with Crippen molar-refractivity contribution in [3.05, 3.63) is 36.0 Å². The van der Waals surface area contributed by atoms with Gasteiger partial charge in [-0.05, 0) is 6.07 Å². The number of nitrogens with two attached hydrogens (primary N) is 1. The molecule has 19 heavy (non-hydrogen) atoms. The van der Waals surface area contributed by atoms with Crippen molar-refractivity contribution in [1.82, 2.24) is 4.57 Å². The molecule has 2 aromatic rings. The molecule has 1 aromatic heterocycles. The van der Waals surface area contributed by atoms with Gasteiger partial charge in [0.2, 0.25) is 0 Å². The number of nitrogens with zero attached hydrogens (tertiary/aromatic N) is 1. The third-order valence-corrected chi connectivity index (χ3v) is 3.10. The fourth-order valence-electron chi connectivity index (χ4n) is 2.02. The van der Waals surface area contributed by atoms with Crippen LogP contribution in [0.4, 0.5) is 0 Å². The molecular weight excluding hydrogens is 244 g/mol. The predicted molar refractivity (Wildman–Crippen MR) is 71.2 cm³/mol. The number of aromatic nitrogens is 1. The van der Waals surface area contributed by atoms with E-state index < -0.39 is 11.5 Å². The summed E-state index contributed by atoms with van der Waals surface area (Å²) in [5.74, 6) is 0.862. The monoisotopic (exact) mass is 258 g/mol. The number of carboxylic acids is 1. The van der Waals surface area contributed by atoms with Crippen molar-refractivity contribution in [2.45, 2.75) is 18.7 Å². The smallest absolute Gasteiger partial charge is 0.338 e. The largest absolute Gasteiger partial charge is 0.479 e. The second-order valence-corrected chi connectivity index (χ2v) is 4.38. The van der Waals surface area contributed by atoms with Gasteiger partial charge >= 0.3 is 5.97 Å². The van der Waals surface area contributed by atoms with Gasteiger partial charge in [-0.3, -0.25) is 0 Å². The number of carboxylic acid groups (broad SMARTS) is 1. The number of aliphatic carboxylic acids is 1. The van der Waals surface area contributed by atoms with Crippen LogP contribution < -0.4 is 5.73 Å². The number of hydrogen-bond acceptors (Lipinski definition) is 3. The van der Waals surface area contributed by atoms with E-state index >= 15 is 0 Å². The number of fused-ring (bicyclic) bond motifs is 1. The van der Waals surface area contributed by atoms with Crippen molar-refractivity contribution in [2.24, 2.45) is 5.73 Å². The van der Waals surface area contributed by atoms with Gasteiger partial charge in [0.05, 0.1) is 13.2 Å². The normalized spacial score (nSPS) is 13.9. The Balaban J connectivity index is 2.53. The van der Waals surface area contributed by atoms with Crippen LogP contribution in [-0.4, -0.2) is 26.3 Å². The van der Waals surface area contributed by atoms with Crippen LogP contribution in [0.25, 0.3) is 10.9 Å². The summed E-state index contributed by atoms with van der Waals surface area (Å²) in [5.41, 5.74) is 5.42. The molecule has 0 radical (unpaired) electrons. The number of benzene rings is 1. The minimum Gasteiger partial charge on any atom is -0.479 e. The van der Waals surface area contributed by atoms with Crippen LogP contribution in [0.1, 0.15) is 5.56 Å². The van der Waals surface area contributed by atoms with Gasteiger partial charge in [0.1, 0.15) is 0 Å². The van der Waals surface area contributed by atoms with Gasteiger partial charge in [0.25, 0.3) is 0 Å². The first-order valence-electron chi connectivity index (χ1n) is 5.69. The average Bonchev–Trinajstić information content (AvgIpc) is 2.76. The van der Waals surface area contributed by atoms with Crippen LogP contribution in [0.15, 0.2) is 30.5 Å². The lowest BCUT2D eigenvalue weighted by Gasteiger charge is -2.19. The maximum Gasteiger partial charge on any atom is 0.338 e. The second-order valence-electron chi connectivity index (χ2n) is 4.38. The number of rotatable bonds is 4. The summed E-state index contributed by atoms with van der Waals surface area (Å²) in [6, 6.07) is 7.36. The van der Waals surface area contributed by atoms with Crippen LogP contribution in [-0.2, 0) is 17.9 Å². The summed E-state index contributed by atoms with van der Waals surface area (Å²) >= 11 is 0. The molecule has 0 aliphatic carbocycles. The van der Waals surface area contributed by atoms with Crippen LogP contribution in [0.2, 0.25) is 0 Å². The van der Waals surface area contributed by atoms with Gasteiger partial charge in [-0.1, -0.05) is 24.1 Å². The van der Waals surface area contributed by atoms with Crippen LogP contribution in [0.5, 0.6) is 0 Å². The van der Waals surface area contributed by atoms with Crippen LogP contribution in [0, 0.1) is 12.3 Å². The molecular formula is C14H14N2O3. The molecule has 5 heteroatoms. The zero-order chi connectivity index (χ0) is 14.0. The van der Waals surface area contributed by atoms with Crippen molar-refractivity contribution < 1.29 is 15.0 Å². The highest BCUT2D eigenvalue weighted by molar-refractivity contribution is 5.86. The molecule has 0 saturated carbocycles. The van der Waals surface area contributed by atoms with E-state index in [9.17, 15) is 9.90 Å². The lowest BCUT2D eigenvalue weighted by molar-refractivity contribution is -0.141. The van der Waals surface area contributed by atoms with Gasteiger partial charge in [-0.25, -0.2) is 4.79 Å². The lowest BCUT2D eigenvalue weighted by Crippen LogP contribution is -2.50. The molecule has 5 nitrogen and oxygen atoms in total. The van der Waals surface area contributed by atoms with Gasteiger partial charge in [0.15, 0.2) is 5.54 Å². The molecule has 1 atom stereocenters. The SMILES string of the molecule is C#CC(N)(Cn1cc(CO)c2ccccc21)C(=O)O. The number of terminal acetylenes is 1. The second kappa shape index (κ2) is 4.76. The Kier molecular flexibility index (Phi) is 3.30. The lowest BCUT2D eigenvalue weighted by atomic mass is 10.0. The molecule has 0 amide bonds. The fraction of sp³-hybridized carbons (Fsp3) is 0.214. The predicted octanol–water partition coefficient (Wildman–Crippen LogP) is 0.549. The van der Waals surface area contributed by atoms with E-state index in [-0.39, 0.29) is 13.2 Å². The third kappa shape index (κ3) is 2.19. The van der Waals surface area contributed by atoms with E-state index in [1.807, 2.05) is 24.3 Å². The Bertz CT molecular complexity index is 669. The van der Waals surface area contributed by atoms with Crippen LogP contribution >= 0.6 is 0 Å². The van der Waals surface area contributed by atoms with Crippen molar-refractivity contribution in [2.75, 3.05) is 0 Å². The summed E-state index contributed by atoms with van der Waals surface area (Å²) in [5, 5.41) is 19.3. The summed E-state index contributed by atoms with van der Waals surface area (Å²) in [7, 11) is 0. The highest BCUT2D eigenvalue weighted by Gasteiger charge is 2.32. The van der Waals surface area contributed by atoms with Crippen molar-refractivity contribution in [1.29, 1.82) is 0 Å². The molecule has 1 heterocycles. The summed E-state index contributed by atoms with van der Waals surface area (Å²) in [4.78, 5) is 11.1. The molecule has 0 aliphatic rings. The topological polar surface area (TPSA) is 88.5 Å². The van der Waals surface area contributed by atoms with E-state index in [1.54, 1.807) is 10.8 Å². The van der Waals surface area contributed by atoms with Crippen molar-refractivity contribution in [3.8, 4) is 12.3 Å². The maximum absolute atomic E-state index is 11.1. The third-order valence-electron chi connectivity index (χ3n) is 3.10. The Morgan fingerprint density at radius 2 is 2.16 bits per heavy atom. The Labute approximate surface area is 110 Å². The number of carbonyl (C=O) groups is 1. The van der Waals surface area contributed by atoms with E-state index in [4.69, 9.17) is 17.3 Å². The van der Waals surface area contributed by atoms with E-state index in [0.717, 1.165) is 10.9 Å². The van der Waals surface area contributed by atoms with Gasteiger partial charge in [0, 0.05) is 22.7 Å². The molecule has 0 fully saturated rings. The van der Waals surface area contributed by atoms with Gasteiger partial charge in [-0.15, -0.1) is 6.42 Å². The number of hydrogen-bond donors (Lipinski definition) is 3. The molecule has 1 aromatic carbocycles. The minimum atomic E-state index is -1.77. The molecule has 0 spiro atoms. The fourth-order valence-corrected chi connectivity index (χ4v) is 2.02. The highest BCUT2D eigenvalue weighted by atomic mass is 16.4. The standard InChI is InChI=1S/C14H14N2O3/c1-2-14(15,13(18)19)9-16-7-10(8-17)11-5-3-4-6-12(11)16/h1,3-7,17H,8-9,15H2,(H,18,19). The summed E-state index contributed by atoms with van der Waals surface area (Å²) in [6.07, 6.45) is 6.89. The van der Waals surface area contributed by atoms with Gasteiger partial charge in [-0.2, -0.15) is 0 Å². The zero-order valence-electron chi connectivity index (χ0n) is 10.2. The Morgan fingerprint density at radius 1 is 1.47 bits per heavy atom. The van der Waals surface area contributed by atoms with E-state index in [1.165, 1.54) is 0 Å². The average molecular weight is 258 g/mol. The van der Waals surface area contributed by atoms with Crippen molar-refractivity contribution >= 4 is 16.9 Å². The molecule has 1 unspecified atom stereocenters. The first-order chi connectivity index (χ1) is 9.01. The number of aliphatic hydroxyl groups excluding tert-OH is 1. The maximum atomic E-state index is 11.1. The van der Waals surface area contributed by atoms with Crippen LogP contribution in [0.3, 0.4) is 0 Å². The molecule has 2 rings (SSSR count). The first-order valence-corrected chi connectivity index (χ1v) is 5.69. The molecule has 0 bridgehead atoms. The summed E-state index contributed by atoms with van der Waals surface area (Å²) in [6.45, 7) is -0.187. The van der Waals surface area contributed by atoms with E-state index in [0.29, 0.717) is 5.56 Å². The molecule has 0 saturated heterocycles. The number of para-hydroxylation sites is 1. The quantitative estimate of drug-likeness (QED) is 0.699. The molecule has 4 N–H and O–H groups in total. The first kappa shape index (κ1) is 13.1. The zero-order valence-corrected chi connectivity index (χ0v) is 10.2. The van der Waals surface area contributed by atoms with Gasteiger partial charge < -0.3 is 20.5 Å². The highest BCUT2D eigenvalue weighted by Crippen LogP contribution is 2.22. The number of aliphatic hydroxyl groups is 1. The van der Waals surface area contributed by atoms with Crippen molar-refractivity contribution in [3.63, 3.8) is 0 Å². The summed E-state index contributed by atoms with van der Waals surface area (Å²) < 4.78 is 1.66. The minimum absolute atomic E-state index is 0.0562. The van der Waals surface area contributed by atoms with E-state index in [2.05, 4.69) is 5.92 Å². The molecule has 98 valence electrons.